The number of amides is 1. The van der Waals surface area contributed by atoms with Crippen LogP contribution in [0.15, 0.2) is 42.1 Å². The SMILES string of the molecule is O=C1C(N2CCOCC2)=CCCN1C1CCN(Cc2ccccc2)CC1. The number of hydrogen-bond acceptors (Lipinski definition) is 4. The Bertz CT molecular complexity index is 632. The van der Waals surface area contributed by atoms with Gasteiger partial charge in [0.25, 0.3) is 5.91 Å². The van der Waals surface area contributed by atoms with Gasteiger partial charge in [0.15, 0.2) is 0 Å². The number of piperidine rings is 1. The molecule has 26 heavy (non-hydrogen) atoms. The number of rotatable bonds is 4. The zero-order valence-electron chi connectivity index (χ0n) is 15.5. The van der Waals surface area contributed by atoms with Gasteiger partial charge in [0.05, 0.1) is 18.9 Å². The number of hydrogen-bond donors (Lipinski definition) is 0. The lowest BCUT2D eigenvalue weighted by Crippen LogP contribution is -2.52. The van der Waals surface area contributed by atoms with E-state index in [2.05, 4.69) is 51.1 Å². The van der Waals surface area contributed by atoms with Crippen LogP contribution in [-0.4, -0.2) is 72.6 Å². The van der Waals surface area contributed by atoms with Crippen molar-refractivity contribution in [1.29, 1.82) is 0 Å². The van der Waals surface area contributed by atoms with Crippen LogP contribution in [0.4, 0.5) is 0 Å². The zero-order chi connectivity index (χ0) is 17.8. The van der Waals surface area contributed by atoms with E-state index in [-0.39, 0.29) is 5.91 Å². The third-order valence-electron chi connectivity index (χ3n) is 5.79. The van der Waals surface area contributed by atoms with Gasteiger partial charge < -0.3 is 14.5 Å². The Morgan fingerprint density at radius 1 is 0.962 bits per heavy atom. The first-order chi connectivity index (χ1) is 12.8. The predicted octanol–water partition coefficient (Wildman–Crippen LogP) is 2.10. The lowest BCUT2D eigenvalue weighted by Gasteiger charge is -2.42. The molecule has 0 aliphatic carbocycles. The molecule has 0 N–H and O–H groups in total. The van der Waals surface area contributed by atoms with Crippen molar-refractivity contribution in [1.82, 2.24) is 14.7 Å². The van der Waals surface area contributed by atoms with Gasteiger partial charge >= 0.3 is 0 Å². The Hall–Kier alpha value is -1.85. The van der Waals surface area contributed by atoms with Crippen LogP contribution in [0, 0.1) is 0 Å². The van der Waals surface area contributed by atoms with Gasteiger partial charge in [0.1, 0.15) is 0 Å². The summed E-state index contributed by atoms with van der Waals surface area (Å²) in [5, 5.41) is 0. The Morgan fingerprint density at radius 2 is 1.69 bits per heavy atom. The van der Waals surface area contributed by atoms with Gasteiger partial charge in [0.2, 0.25) is 0 Å². The van der Waals surface area contributed by atoms with Crippen LogP contribution >= 0.6 is 0 Å². The van der Waals surface area contributed by atoms with Gasteiger partial charge in [-0.3, -0.25) is 9.69 Å². The first kappa shape index (κ1) is 17.6. The fourth-order valence-electron chi connectivity index (χ4n) is 4.32. The van der Waals surface area contributed by atoms with Crippen LogP contribution in [-0.2, 0) is 16.1 Å². The third kappa shape index (κ3) is 3.94. The highest BCUT2D eigenvalue weighted by Gasteiger charge is 2.33. The molecule has 1 aromatic carbocycles. The maximum Gasteiger partial charge on any atom is 0.270 e. The molecule has 2 saturated heterocycles. The maximum atomic E-state index is 13.1. The molecule has 0 spiro atoms. The molecule has 5 heteroatoms. The normalized spacial score (nSPS) is 23.2. The molecule has 5 nitrogen and oxygen atoms in total. The quantitative estimate of drug-likeness (QED) is 0.829. The molecule has 2 fully saturated rings. The number of carbonyl (C=O) groups excluding carboxylic acids is 1. The molecular formula is C21H29N3O2. The molecule has 3 aliphatic rings. The van der Waals surface area contributed by atoms with Gasteiger partial charge in [-0.15, -0.1) is 0 Å². The minimum absolute atomic E-state index is 0.236. The van der Waals surface area contributed by atoms with Crippen LogP contribution in [0.25, 0.3) is 0 Å². The highest BCUT2D eigenvalue weighted by Crippen LogP contribution is 2.24. The van der Waals surface area contributed by atoms with E-state index in [1.54, 1.807) is 0 Å². The maximum absolute atomic E-state index is 13.1. The van der Waals surface area contributed by atoms with E-state index in [0.717, 1.165) is 77.4 Å². The average molecular weight is 355 g/mol. The molecule has 0 atom stereocenters. The van der Waals surface area contributed by atoms with E-state index in [1.807, 2.05) is 0 Å². The van der Waals surface area contributed by atoms with E-state index in [9.17, 15) is 4.79 Å². The Labute approximate surface area is 156 Å². The van der Waals surface area contributed by atoms with E-state index in [1.165, 1.54) is 5.56 Å². The Morgan fingerprint density at radius 3 is 2.42 bits per heavy atom. The standard InChI is InChI=1S/C21H29N3O2/c25-21-20(23-13-15-26-16-14-23)7-4-10-24(21)19-8-11-22(12-9-19)17-18-5-2-1-3-6-18/h1-3,5-7,19H,4,8-17H2. The van der Waals surface area contributed by atoms with Crippen molar-refractivity contribution in [2.45, 2.75) is 31.8 Å². The summed E-state index contributed by atoms with van der Waals surface area (Å²) in [4.78, 5) is 19.9. The number of likely N-dealkylation sites (tertiary alicyclic amines) is 1. The molecule has 0 saturated carbocycles. The molecule has 1 amide bonds. The van der Waals surface area contributed by atoms with Crippen molar-refractivity contribution in [3.63, 3.8) is 0 Å². The number of benzene rings is 1. The average Bonchev–Trinajstić information content (AvgIpc) is 2.70. The second-order valence-corrected chi connectivity index (χ2v) is 7.47. The fourth-order valence-corrected chi connectivity index (χ4v) is 4.32. The first-order valence-corrected chi connectivity index (χ1v) is 9.91. The molecule has 0 aromatic heterocycles. The molecule has 0 unspecified atom stereocenters. The van der Waals surface area contributed by atoms with Crippen LogP contribution in [0.1, 0.15) is 24.8 Å². The van der Waals surface area contributed by atoms with Crippen LogP contribution in [0.5, 0.6) is 0 Å². The summed E-state index contributed by atoms with van der Waals surface area (Å²) in [6.07, 6.45) is 5.27. The summed E-state index contributed by atoms with van der Waals surface area (Å²) in [5.74, 6) is 0.236. The lowest BCUT2D eigenvalue weighted by atomic mass is 10.00. The van der Waals surface area contributed by atoms with Crippen LogP contribution < -0.4 is 0 Å². The van der Waals surface area contributed by atoms with Crippen molar-refractivity contribution in [2.24, 2.45) is 0 Å². The number of ether oxygens (including phenoxy) is 1. The summed E-state index contributed by atoms with van der Waals surface area (Å²) < 4.78 is 5.43. The van der Waals surface area contributed by atoms with Crippen molar-refractivity contribution in [3.05, 3.63) is 47.7 Å². The highest BCUT2D eigenvalue weighted by atomic mass is 16.5. The van der Waals surface area contributed by atoms with E-state index in [4.69, 9.17) is 4.74 Å². The molecule has 4 rings (SSSR count). The summed E-state index contributed by atoms with van der Waals surface area (Å²) in [6.45, 7) is 7.14. The molecule has 1 aromatic rings. The molecule has 0 bridgehead atoms. The first-order valence-electron chi connectivity index (χ1n) is 9.91. The summed E-state index contributed by atoms with van der Waals surface area (Å²) in [5.41, 5.74) is 2.28. The molecule has 140 valence electrons. The summed E-state index contributed by atoms with van der Waals surface area (Å²) in [6, 6.07) is 11.1. The number of morpholine rings is 1. The van der Waals surface area contributed by atoms with Crippen molar-refractivity contribution >= 4 is 5.91 Å². The predicted molar refractivity (Wildman–Crippen MR) is 102 cm³/mol. The van der Waals surface area contributed by atoms with E-state index >= 15 is 0 Å². The van der Waals surface area contributed by atoms with E-state index < -0.39 is 0 Å². The smallest absolute Gasteiger partial charge is 0.270 e. The minimum Gasteiger partial charge on any atom is -0.378 e. The zero-order valence-corrected chi connectivity index (χ0v) is 15.5. The van der Waals surface area contributed by atoms with Gasteiger partial charge in [-0.1, -0.05) is 36.4 Å². The van der Waals surface area contributed by atoms with Gasteiger partial charge in [0, 0.05) is 45.3 Å². The molecule has 3 aliphatic heterocycles. The van der Waals surface area contributed by atoms with Crippen LogP contribution in [0.2, 0.25) is 0 Å². The van der Waals surface area contributed by atoms with Gasteiger partial charge in [-0.05, 0) is 24.8 Å². The van der Waals surface area contributed by atoms with Gasteiger partial charge in [-0.25, -0.2) is 0 Å². The fraction of sp³-hybridized carbons (Fsp3) is 0.571. The van der Waals surface area contributed by atoms with E-state index in [0.29, 0.717) is 6.04 Å². The molecular weight excluding hydrogens is 326 g/mol. The van der Waals surface area contributed by atoms with Crippen molar-refractivity contribution < 1.29 is 9.53 Å². The molecule has 3 heterocycles. The number of carbonyl (C=O) groups is 1. The number of nitrogens with zero attached hydrogens (tertiary/aromatic N) is 3. The van der Waals surface area contributed by atoms with Crippen LogP contribution in [0.3, 0.4) is 0 Å². The second kappa shape index (κ2) is 8.23. The van der Waals surface area contributed by atoms with Gasteiger partial charge in [-0.2, -0.15) is 0 Å². The van der Waals surface area contributed by atoms with Crippen molar-refractivity contribution in [2.75, 3.05) is 45.9 Å². The summed E-state index contributed by atoms with van der Waals surface area (Å²) >= 11 is 0. The van der Waals surface area contributed by atoms with Crippen molar-refractivity contribution in [3.8, 4) is 0 Å². The largest absolute Gasteiger partial charge is 0.378 e. The monoisotopic (exact) mass is 355 g/mol. The lowest BCUT2D eigenvalue weighted by molar-refractivity contribution is -0.133. The molecule has 0 radical (unpaired) electrons. The summed E-state index contributed by atoms with van der Waals surface area (Å²) in [7, 11) is 0. The minimum atomic E-state index is 0.236. The second-order valence-electron chi connectivity index (χ2n) is 7.47. The highest BCUT2D eigenvalue weighted by molar-refractivity contribution is 5.93. The Kier molecular flexibility index (Phi) is 5.56. The third-order valence-corrected chi connectivity index (χ3v) is 5.79. The topological polar surface area (TPSA) is 36.0 Å². The Balaban J connectivity index is 1.32.